The van der Waals surface area contributed by atoms with Crippen molar-refractivity contribution in [1.29, 1.82) is 0 Å². The van der Waals surface area contributed by atoms with E-state index in [0.717, 1.165) is 0 Å². The van der Waals surface area contributed by atoms with Crippen LogP contribution < -0.4 is 51.4 Å². The zero-order chi connectivity index (χ0) is 4.99. The molecule has 0 atom stereocenters. The average molecular weight is 162 g/mol. The summed E-state index contributed by atoms with van der Waals surface area (Å²) >= 11 is 6.03. The second kappa shape index (κ2) is 7.88. The quantitative estimate of drug-likeness (QED) is 0.314. The van der Waals surface area contributed by atoms with E-state index >= 15 is 0 Å². The number of hydrogen-bond donors (Lipinski definition) is 0. The van der Waals surface area contributed by atoms with Crippen molar-refractivity contribution in [2.24, 2.45) is 0 Å². The summed E-state index contributed by atoms with van der Waals surface area (Å²) in [6.07, 6.45) is 1.88. The van der Waals surface area contributed by atoms with Gasteiger partial charge in [-0.15, -0.1) is 0 Å². The summed E-state index contributed by atoms with van der Waals surface area (Å²) in [5, 5.41) is 0. The van der Waals surface area contributed by atoms with Gasteiger partial charge >= 0.3 is 51.4 Å². The van der Waals surface area contributed by atoms with Crippen molar-refractivity contribution >= 4 is 28.4 Å². The van der Waals surface area contributed by atoms with E-state index in [1.165, 1.54) is 11.8 Å². The van der Waals surface area contributed by atoms with Gasteiger partial charge in [-0.2, -0.15) is 0 Å². The molecule has 0 fully saturated rings. The Hall–Kier alpha value is 1.88. The molecule has 1 nitrogen and oxygen atoms in total. The fraction of sp³-hybridized carbons (Fsp3) is 0.667. The van der Waals surface area contributed by atoms with Crippen molar-refractivity contribution in [3.63, 3.8) is 0 Å². The van der Waals surface area contributed by atoms with E-state index in [1.54, 1.807) is 7.11 Å². The summed E-state index contributed by atoms with van der Waals surface area (Å²) < 4.78 is 5.19. The molecule has 0 spiro atoms. The molecule has 0 rings (SSSR count). The molecule has 0 aliphatic carbocycles. The first kappa shape index (κ1) is 11.6. The fourth-order valence-electron chi connectivity index (χ4n) is 0.0833. The molecule has 0 amide bonds. The van der Waals surface area contributed by atoms with Gasteiger partial charge in [-0.3, -0.25) is 0 Å². The average Bonchev–Trinajstić information content (AvgIpc) is 1.65. The third kappa shape index (κ3) is 7.88. The summed E-state index contributed by atoms with van der Waals surface area (Å²) in [6, 6.07) is 0. The van der Waals surface area contributed by atoms with Gasteiger partial charge in [0, 0.05) is 0 Å². The zero-order valence-corrected chi connectivity index (χ0v) is 9.48. The summed E-state index contributed by atoms with van der Waals surface area (Å²) in [6.45, 7) is 0. The molecule has 0 aromatic rings. The van der Waals surface area contributed by atoms with Crippen molar-refractivity contribution in [3.05, 3.63) is 0 Å². The maximum Gasteiger partial charge on any atom is 1.00 e. The van der Waals surface area contributed by atoms with E-state index in [0.29, 0.717) is 4.38 Å². The van der Waals surface area contributed by atoms with Gasteiger partial charge in [-0.25, -0.2) is 0 Å². The first-order valence-corrected chi connectivity index (χ1v) is 3.06. The molecular weight excluding hydrogens is 155 g/mol. The van der Waals surface area contributed by atoms with Crippen LogP contribution in [0.4, 0.5) is 0 Å². The van der Waals surface area contributed by atoms with E-state index in [-0.39, 0.29) is 52.8 Å². The van der Waals surface area contributed by atoms with Gasteiger partial charge < -0.3 is 6.16 Å². The van der Waals surface area contributed by atoms with Gasteiger partial charge in [0.1, 0.15) is 0 Å². The summed E-state index contributed by atoms with van der Waals surface area (Å²) in [5.41, 5.74) is 0. The van der Waals surface area contributed by atoms with Crippen LogP contribution in [0, 0.1) is 0 Å². The van der Waals surface area contributed by atoms with Crippen molar-refractivity contribution in [2.75, 3.05) is 13.4 Å². The van der Waals surface area contributed by atoms with Gasteiger partial charge in [0.05, 0.1) is 7.11 Å². The maximum atomic E-state index is 4.60. The second-order valence-electron chi connectivity index (χ2n) is 0.658. The molecule has 0 saturated heterocycles. The molecule has 0 aromatic heterocycles. The van der Waals surface area contributed by atoms with Crippen molar-refractivity contribution in [3.8, 4) is 0 Å². The molecule has 38 valence electrons. The topological polar surface area (TPSA) is 9.23 Å². The van der Waals surface area contributed by atoms with Crippen LogP contribution in [0.5, 0.6) is 0 Å². The maximum absolute atomic E-state index is 4.60. The molecule has 0 N–H and O–H groups in total. The molecular formula is C3H7KOS2. The Morgan fingerprint density at radius 2 is 2.29 bits per heavy atom. The van der Waals surface area contributed by atoms with Crippen molar-refractivity contribution < 1.29 is 57.5 Å². The minimum Gasteiger partial charge on any atom is -1.00 e. The van der Waals surface area contributed by atoms with Gasteiger partial charge in [0.25, 0.3) is 0 Å². The molecule has 4 heteroatoms. The molecule has 0 saturated carbocycles. The van der Waals surface area contributed by atoms with Crippen molar-refractivity contribution in [1.82, 2.24) is 0 Å². The number of hydrogen-bond acceptors (Lipinski definition) is 3. The number of methoxy groups -OCH3 is 1. The van der Waals surface area contributed by atoms with Crippen LogP contribution in [0.25, 0.3) is 0 Å². The summed E-state index contributed by atoms with van der Waals surface area (Å²) in [4.78, 5) is 0. The van der Waals surface area contributed by atoms with Crippen molar-refractivity contribution in [2.45, 2.75) is 0 Å². The van der Waals surface area contributed by atoms with E-state index in [4.69, 9.17) is 0 Å². The van der Waals surface area contributed by atoms with Crippen LogP contribution in [0.1, 0.15) is 1.43 Å². The van der Waals surface area contributed by atoms with Crippen LogP contribution in [-0.4, -0.2) is 17.7 Å². The van der Waals surface area contributed by atoms with Gasteiger partial charge in [-0.05, 0) is 18.5 Å². The van der Waals surface area contributed by atoms with E-state index < -0.39 is 0 Å². The van der Waals surface area contributed by atoms with E-state index in [9.17, 15) is 0 Å². The number of rotatable bonds is 0. The Morgan fingerprint density at radius 3 is 2.29 bits per heavy atom. The Morgan fingerprint density at radius 1 is 1.86 bits per heavy atom. The van der Waals surface area contributed by atoms with Crippen LogP contribution in [0.15, 0.2) is 0 Å². The molecule has 0 heterocycles. The third-order valence-electron chi connectivity index (χ3n) is 0.333. The number of thiocarbonyl (C=S) groups is 1. The van der Waals surface area contributed by atoms with Crippen LogP contribution in [-0.2, 0) is 4.74 Å². The Labute approximate surface area is 97.5 Å². The molecule has 0 aliphatic rings. The minimum absolute atomic E-state index is 0. The second-order valence-corrected chi connectivity index (χ2v) is 2.07. The van der Waals surface area contributed by atoms with Crippen LogP contribution in [0.2, 0.25) is 0 Å². The van der Waals surface area contributed by atoms with E-state index in [2.05, 4.69) is 17.0 Å². The molecule has 0 bridgehead atoms. The first-order chi connectivity index (χ1) is 2.81. The Bertz CT molecular complexity index is 55.2. The Balaban J connectivity index is -0.000000125. The summed E-state index contributed by atoms with van der Waals surface area (Å²) in [5.74, 6) is 0. The predicted molar refractivity (Wildman–Crippen MR) is 34.2 cm³/mol. The van der Waals surface area contributed by atoms with Gasteiger partial charge in [0.2, 0.25) is 4.38 Å². The normalized spacial score (nSPS) is 6.57. The summed E-state index contributed by atoms with van der Waals surface area (Å²) in [7, 11) is 1.57. The van der Waals surface area contributed by atoms with E-state index in [1.807, 2.05) is 6.26 Å². The molecule has 0 unspecified atom stereocenters. The molecule has 0 aliphatic heterocycles. The molecule has 0 aromatic carbocycles. The standard InChI is InChI=1S/C3H6OS2.K.H/c1-4-3(5)6-2;;/h1-2H3;;/q;+1;-1. The smallest absolute Gasteiger partial charge is 1.00 e. The molecule has 7 heavy (non-hydrogen) atoms. The number of thioether (sulfide) groups is 1. The first-order valence-electron chi connectivity index (χ1n) is 1.43. The molecule has 0 radical (unpaired) electrons. The predicted octanol–water partition coefficient (Wildman–Crippen LogP) is -1.60. The third-order valence-corrected chi connectivity index (χ3v) is 1.50. The SMILES string of the molecule is COC(=S)SC.[H-].[K+]. The van der Waals surface area contributed by atoms with Gasteiger partial charge in [-0.1, -0.05) is 11.8 Å². The van der Waals surface area contributed by atoms with Crippen LogP contribution in [0.3, 0.4) is 0 Å². The zero-order valence-electron chi connectivity index (χ0n) is 5.72. The van der Waals surface area contributed by atoms with Gasteiger partial charge in [0.15, 0.2) is 0 Å². The monoisotopic (exact) mass is 162 g/mol. The Kier molecular flexibility index (Phi) is 13.1. The minimum atomic E-state index is 0. The van der Waals surface area contributed by atoms with Crippen LogP contribution >= 0.6 is 24.0 Å². The largest absolute Gasteiger partial charge is 1.00 e. The number of ether oxygens (including phenoxy) is 1. The fourth-order valence-corrected chi connectivity index (χ4v) is 0.250.